The summed E-state index contributed by atoms with van der Waals surface area (Å²) in [4.78, 5) is 0. The molecule has 0 aliphatic carbocycles. The Hall–Kier alpha value is 0.0400. The molecule has 0 aromatic heterocycles. The average Bonchev–Trinajstić information content (AvgIpc) is 2.39. The molecule has 0 amide bonds. The van der Waals surface area contributed by atoms with Crippen LogP contribution in [0.4, 0.5) is 0 Å². The van der Waals surface area contributed by atoms with Crippen molar-refractivity contribution in [3.63, 3.8) is 0 Å². The zero-order valence-electron chi connectivity index (χ0n) is 12.6. The minimum Gasteiger partial charge on any atom is -0.310 e. The fourth-order valence-electron chi connectivity index (χ4n) is 1.96. The summed E-state index contributed by atoms with van der Waals surface area (Å²) >= 11 is 3.73. The van der Waals surface area contributed by atoms with Crippen LogP contribution in [-0.4, -0.2) is 35.4 Å². The smallest absolute Gasteiger partial charge is 0.00894 e. The van der Waals surface area contributed by atoms with Gasteiger partial charge in [-0.1, -0.05) is 6.42 Å². The van der Waals surface area contributed by atoms with Crippen LogP contribution in [0.1, 0.15) is 57.8 Å². The molecule has 0 aromatic rings. The van der Waals surface area contributed by atoms with E-state index in [1.165, 1.54) is 17.9 Å². The number of unbranched alkanes of at least 4 members (excludes halogenated alkanes) is 2. The quantitative estimate of drug-likeness (QED) is 0.339. The molecule has 0 unspecified atom stereocenters. The maximum absolute atomic E-state index is 7.85. The van der Waals surface area contributed by atoms with Gasteiger partial charge >= 0.3 is 0 Å². The molecule has 0 heterocycles. The number of hydrogen-bond donors (Lipinski definition) is 2. The maximum Gasteiger partial charge on any atom is 0.00894 e. The van der Waals surface area contributed by atoms with Crippen LogP contribution in [-0.2, 0) is 0 Å². The Morgan fingerprint density at radius 3 is 1.37 bits per heavy atom. The first-order valence-electron chi connectivity index (χ1n) is 7.31. The topological polar surface area (TPSA) is 47.7 Å². The van der Waals surface area contributed by atoms with Crippen molar-refractivity contribution in [2.75, 3.05) is 24.0 Å². The summed E-state index contributed by atoms with van der Waals surface area (Å²) in [5.74, 6) is 2.35. The monoisotopic (exact) mass is 302 g/mol. The lowest BCUT2D eigenvalue weighted by molar-refractivity contribution is 0.703. The third-order valence-corrected chi connectivity index (χ3v) is 4.50. The number of hydrogen-bond acceptors (Lipinski definition) is 4. The van der Waals surface area contributed by atoms with E-state index in [1.807, 2.05) is 23.5 Å². The van der Waals surface area contributed by atoms with Gasteiger partial charge in [0, 0.05) is 11.4 Å². The molecule has 0 aromatic carbocycles. The molecule has 4 heteroatoms. The normalized spacial score (nSPS) is 10.6. The highest BCUT2D eigenvalue weighted by molar-refractivity contribution is 7.98. The van der Waals surface area contributed by atoms with Crippen molar-refractivity contribution in [1.82, 2.24) is 0 Å². The van der Waals surface area contributed by atoms with Crippen LogP contribution in [0.2, 0.25) is 0 Å². The van der Waals surface area contributed by atoms with Gasteiger partial charge in [-0.3, -0.25) is 0 Å². The van der Waals surface area contributed by atoms with Crippen LogP contribution in [0.3, 0.4) is 0 Å². The van der Waals surface area contributed by atoms with Crippen LogP contribution in [0, 0.1) is 10.8 Å². The number of nitrogens with one attached hydrogen (secondary N) is 2. The standard InChI is InChI=1S/C15H30N2S2/c1-18-12-6-10-14(16)8-4-3-5-9-15(17)11-7-13-19-2/h16-17H,3-13H2,1-2H3. The molecule has 0 rings (SSSR count). The minimum atomic E-state index is 0.920. The molecule has 0 aliphatic rings. The molecule has 0 spiro atoms. The van der Waals surface area contributed by atoms with Gasteiger partial charge in [0.1, 0.15) is 0 Å². The first-order valence-corrected chi connectivity index (χ1v) is 10.1. The Balaban J connectivity index is 3.29. The van der Waals surface area contributed by atoms with E-state index in [9.17, 15) is 0 Å². The van der Waals surface area contributed by atoms with Crippen molar-refractivity contribution >= 4 is 34.9 Å². The fourth-order valence-corrected chi connectivity index (χ4v) is 2.83. The fraction of sp³-hybridized carbons (Fsp3) is 0.867. The van der Waals surface area contributed by atoms with Crippen molar-refractivity contribution in [3.8, 4) is 0 Å². The van der Waals surface area contributed by atoms with Gasteiger partial charge in [-0.05, 0) is 75.4 Å². The second-order valence-corrected chi connectivity index (χ2v) is 6.93. The summed E-state index contributed by atoms with van der Waals surface area (Å²) in [6.45, 7) is 0. The van der Waals surface area contributed by atoms with Gasteiger partial charge in [0.15, 0.2) is 0 Å². The van der Waals surface area contributed by atoms with Crippen LogP contribution in [0.15, 0.2) is 0 Å². The Bertz CT molecular complexity index is 218. The van der Waals surface area contributed by atoms with Crippen molar-refractivity contribution in [3.05, 3.63) is 0 Å². The highest BCUT2D eigenvalue weighted by Gasteiger charge is 2.00. The molecule has 0 fully saturated rings. The zero-order chi connectivity index (χ0) is 14.3. The molecule has 0 bridgehead atoms. The summed E-state index contributed by atoms with van der Waals surface area (Å²) in [6.07, 6.45) is 13.9. The number of thioether (sulfide) groups is 2. The summed E-state index contributed by atoms with van der Waals surface area (Å²) in [7, 11) is 0. The van der Waals surface area contributed by atoms with Crippen molar-refractivity contribution in [2.24, 2.45) is 0 Å². The van der Waals surface area contributed by atoms with Gasteiger partial charge in [-0.2, -0.15) is 23.5 Å². The van der Waals surface area contributed by atoms with E-state index < -0.39 is 0 Å². The van der Waals surface area contributed by atoms with E-state index >= 15 is 0 Å². The average molecular weight is 303 g/mol. The molecule has 0 saturated carbocycles. The van der Waals surface area contributed by atoms with Gasteiger partial charge in [0.2, 0.25) is 0 Å². The lowest BCUT2D eigenvalue weighted by Crippen LogP contribution is -1.99. The van der Waals surface area contributed by atoms with Crippen molar-refractivity contribution in [1.29, 1.82) is 10.8 Å². The second kappa shape index (κ2) is 14.4. The third kappa shape index (κ3) is 14.3. The molecule has 0 saturated heterocycles. The lowest BCUT2D eigenvalue weighted by Gasteiger charge is -2.05. The van der Waals surface area contributed by atoms with Crippen LogP contribution >= 0.6 is 23.5 Å². The lowest BCUT2D eigenvalue weighted by atomic mass is 10.0. The van der Waals surface area contributed by atoms with Crippen LogP contribution in [0.25, 0.3) is 0 Å². The molecule has 0 atom stereocenters. The Morgan fingerprint density at radius 2 is 1.00 bits per heavy atom. The molecule has 2 N–H and O–H groups in total. The van der Waals surface area contributed by atoms with Crippen molar-refractivity contribution in [2.45, 2.75) is 57.8 Å². The van der Waals surface area contributed by atoms with Crippen LogP contribution < -0.4 is 0 Å². The molecule has 2 nitrogen and oxygen atoms in total. The van der Waals surface area contributed by atoms with Gasteiger partial charge in [-0.15, -0.1) is 0 Å². The predicted octanol–water partition coefficient (Wildman–Crippen LogP) is 5.26. The zero-order valence-corrected chi connectivity index (χ0v) is 14.2. The maximum atomic E-state index is 7.85. The van der Waals surface area contributed by atoms with Crippen LogP contribution in [0.5, 0.6) is 0 Å². The first kappa shape index (κ1) is 19.0. The second-order valence-electron chi connectivity index (χ2n) is 4.96. The Kier molecular flexibility index (Phi) is 14.5. The highest BCUT2D eigenvalue weighted by Crippen LogP contribution is 2.10. The van der Waals surface area contributed by atoms with E-state index in [-0.39, 0.29) is 0 Å². The van der Waals surface area contributed by atoms with Gasteiger partial charge in [0.25, 0.3) is 0 Å². The minimum absolute atomic E-state index is 0.920. The summed E-state index contributed by atoms with van der Waals surface area (Å²) in [5.41, 5.74) is 1.84. The largest absolute Gasteiger partial charge is 0.310 e. The van der Waals surface area contributed by atoms with E-state index in [2.05, 4.69) is 12.5 Å². The third-order valence-electron chi connectivity index (χ3n) is 3.11. The van der Waals surface area contributed by atoms with Crippen molar-refractivity contribution < 1.29 is 0 Å². The highest BCUT2D eigenvalue weighted by atomic mass is 32.2. The van der Waals surface area contributed by atoms with E-state index in [0.717, 1.165) is 62.8 Å². The summed E-state index contributed by atoms with van der Waals surface area (Å²) in [6, 6.07) is 0. The molecule has 19 heavy (non-hydrogen) atoms. The SMILES string of the molecule is CSCCCC(=N)CCCCCC(=N)CCCSC. The van der Waals surface area contributed by atoms with E-state index in [4.69, 9.17) is 10.8 Å². The van der Waals surface area contributed by atoms with Gasteiger partial charge in [-0.25, -0.2) is 0 Å². The van der Waals surface area contributed by atoms with E-state index in [0.29, 0.717) is 0 Å². The molecule has 0 radical (unpaired) electrons. The Labute approximate surface area is 127 Å². The van der Waals surface area contributed by atoms with Gasteiger partial charge < -0.3 is 10.8 Å². The molecular formula is C15H30N2S2. The summed E-state index contributed by atoms with van der Waals surface area (Å²) < 4.78 is 0. The molecule has 0 aliphatic heterocycles. The van der Waals surface area contributed by atoms with Gasteiger partial charge in [0.05, 0.1) is 0 Å². The first-order chi connectivity index (χ1) is 9.20. The number of rotatable bonds is 14. The Morgan fingerprint density at radius 1 is 0.632 bits per heavy atom. The molecule has 112 valence electrons. The predicted molar refractivity (Wildman–Crippen MR) is 93.8 cm³/mol. The summed E-state index contributed by atoms with van der Waals surface area (Å²) in [5, 5.41) is 15.7. The molecular weight excluding hydrogens is 272 g/mol. The van der Waals surface area contributed by atoms with E-state index in [1.54, 1.807) is 0 Å².